The molecule has 2 rings (SSSR count). The second-order valence-electron chi connectivity index (χ2n) is 5.50. The number of rotatable bonds is 9. The van der Waals surface area contributed by atoms with Gasteiger partial charge >= 0.3 is 6.03 Å². The number of carbonyl (C=O) groups is 2. The zero-order chi connectivity index (χ0) is 14.4. The van der Waals surface area contributed by atoms with Crippen molar-refractivity contribution < 1.29 is 14.3 Å². The number of methoxy groups -OCH3 is 1. The van der Waals surface area contributed by atoms with Gasteiger partial charge in [-0.05, 0) is 19.3 Å². The van der Waals surface area contributed by atoms with Gasteiger partial charge in [0, 0.05) is 37.6 Å². The Bertz CT molecular complexity index is 351. The SMILES string of the molecule is COCCCC(=O)CCCCC1SCC2NC(=O)NC21. The van der Waals surface area contributed by atoms with Gasteiger partial charge in [0.25, 0.3) is 0 Å². The van der Waals surface area contributed by atoms with Gasteiger partial charge in [0.15, 0.2) is 0 Å². The molecule has 5 nitrogen and oxygen atoms in total. The summed E-state index contributed by atoms with van der Waals surface area (Å²) in [6.07, 6.45) is 5.25. The molecular formula is C14H24N2O3S. The van der Waals surface area contributed by atoms with Gasteiger partial charge in [0.2, 0.25) is 0 Å². The van der Waals surface area contributed by atoms with Crippen LogP contribution in [0.4, 0.5) is 4.79 Å². The van der Waals surface area contributed by atoms with Crippen LogP contribution in [0.2, 0.25) is 0 Å². The average Bonchev–Trinajstić information content (AvgIpc) is 2.95. The fourth-order valence-electron chi connectivity index (χ4n) is 2.85. The molecule has 0 spiro atoms. The normalized spacial score (nSPS) is 28.1. The van der Waals surface area contributed by atoms with Gasteiger partial charge < -0.3 is 15.4 Å². The number of ketones is 1. The monoisotopic (exact) mass is 300 g/mol. The number of fused-ring (bicyclic) bond motifs is 1. The summed E-state index contributed by atoms with van der Waals surface area (Å²) in [6, 6.07) is 0.553. The maximum Gasteiger partial charge on any atom is 0.315 e. The van der Waals surface area contributed by atoms with Crippen LogP contribution < -0.4 is 10.6 Å². The molecule has 0 radical (unpaired) electrons. The molecule has 2 heterocycles. The van der Waals surface area contributed by atoms with Crippen molar-refractivity contribution in [2.45, 2.75) is 55.9 Å². The Labute approximate surface area is 124 Å². The lowest BCUT2D eigenvalue weighted by Gasteiger charge is -2.16. The van der Waals surface area contributed by atoms with E-state index in [1.165, 1.54) is 0 Å². The molecule has 6 heteroatoms. The van der Waals surface area contributed by atoms with Crippen molar-refractivity contribution in [2.75, 3.05) is 19.5 Å². The summed E-state index contributed by atoms with van der Waals surface area (Å²) >= 11 is 1.93. The highest BCUT2D eigenvalue weighted by Crippen LogP contribution is 2.33. The maximum absolute atomic E-state index is 11.6. The number of hydrogen-bond acceptors (Lipinski definition) is 4. The van der Waals surface area contributed by atoms with Crippen molar-refractivity contribution >= 4 is 23.6 Å². The largest absolute Gasteiger partial charge is 0.385 e. The molecule has 0 saturated carbocycles. The topological polar surface area (TPSA) is 67.4 Å². The van der Waals surface area contributed by atoms with Crippen molar-refractivity contribution in [3.05, 3.63) is 0 Å². The average molecular weight is 300 g/mol. The zero-order valence-electron chi connectivity index (χ0n) is 12.0. The van der Waals surface area contributed by atoms with Crippen LogP contribution in [0.15, 0.2) is 0 Å². The van der Waals surface area contributed by atoms with Crippen molar-refractivity contribution in [2.24, 2.45) is 0 Å². The lowest BCUT2D eigenvalue weighted by Crippen LogP contribution is -2.36. The summed E-state index contributed by atoms with van der Waals surface area (Å²) in [4.78, 5) is 22.9. The molecule has 0 aromatic carbocycles. The minimum atomic E-state index is -0.0291. The highest BCUT2D eigenvalue weighted by atomic mass is 32.2. The van der Waals surface area contributed by atoms with Crippen LogP contribution >= 0.6 is 11.8 Å². The van der Waals surface area contributed by atoms with E-state index in [0.29, 0.717) is 36.5 Å². The van der Waals surface area contributed by atoms with E-state index in [1.807, 2.05) is 11.8 Å². The number of nitrogens with one attached hydrogen (secondary N) is 2. The first-order valence-corrected chi connectivity index (χ1v) is 8.45. The highest BCUT2D eigenvalue weighted by molar-refractivity contribution is 8.00. The minimum Gasteiger partial charge on any atom is -0.385 e. The number of Topliss-reactive ketones (excluding diaryl/α,β-unsaturated/α-hetero) is 1. The Kier molecular flexibility index (Phi) is 6.16. The molecule has 0 bridgehead atoms. The predicted octanol–water partition coefficient (Wildman–Crippen LogP) is 1.71. The molecule has 2 aliphatic heterocycles. The standard InChI is InChI=1S/C14H24N2O3S/c1-19-8-4-6-10(17)5-2-3-7-12-13-11(9-20-12)15-14(18)16-13/h11-13H,2-9H2,1H3,(H2,15,16,18). The van der Waals surface area contributed by atoms with E-state index in [0.717, 1.165) is 31.4 Å². The number of amides is 2. The second-order valence-corrected chi connectivity index (χ2v) is 6.77. The summed E-state index contributed by atoms with van der Waals surface area (Å²) in [7, 11) is 1.66. The first-order valence-electron chi connectivity index (χ1n) is 7.40. The molecule has 2 aliphatic rings. The molecule has 2 fully saturated rings. The second kappa shape index (κ2) is 7.88. The Hall–Kier alpha value is -0.750. The third-order valence-corrected chi connectivity index (χ3v) is 5.45. The third-order valence-electron chi connectivity index (χ3n) is 3.94. The number of urea groups is 1. The van der Waals surface area contributed by atoms with Gasteiger partial charge in [-0.1, -0.05) is 6.42 Å². The van der Waals surface area contributed by atoms with Crippen LogP contribution in [0.25, 0.3) is 0 Å². The number of carbonyl (C=O) groups excluding carboxylic acids is 2. The van der Waals surface area contributed by atoms with Crippen molar-refractivity contribution in [1.29, 1.82) is 0 Å². The molecule has 20 heavy (non-hydrogen) atoms. The Morgan fingerprint density at radius 2 is 2.10 bits per heavy atom. The Balaban J connectivity index is 1.55. The molecule has 0 aromatic heterocycles. The van der Waals surface area contributed by atoms with Crippen LogP contribution in [0.1, 0.15) is 38.5 Å². The van der Waals surface area contributed by atoms with E-state index in [-0.39, 0.29) is 12.1 Å². The van der Waals surface area contributed by atoms with Gasteiger partial charge in [-0.2, -0.15) is 11.8 Å². The first-order chi connectivity index (χ1) is 9.70. The lowest BCUT2D eigenvalue weighted by atomic mass is 10.0. The predicted molar refractivity (Wildman–Crippen MR) is 80.1 cm³/mol. The summed E-state index contributed by atoms with van der Waals surface area (Å²) in [5.74, 6) is 1.35. The summed E-state index contributed by atoms with van der Waals surface area (Å²) in [6.45, 7) is 0.667. The number of hydrogen-bond donors (Lipinski definition) is 2. The van der Waals surface area contributed by atoms with Crippen molar-refractivity contribution in [3.8, 4) is 0 Å². The summed E-state index contributed by atoms with van der Waals surface area (Å²) in [5.41, 5.74) is 0. The molecule has 3 atom stereocenters. The van der Waals surface area contributed by atoms with Gasteiger partial charge in [-0.3, -0.25) is 4.79 Å². The number of thioether (sulfide) groups is 1. The van der Waals surface area contributed by atoms with Crippen molar-refractivity contribution in [1.82, 2.24) is 10.6 Å². The van der Waals surface area contributed by atoms with Crippen LogP contribution in [0.3, 0.4) is 0 Å². The molecule has 0 aromatic rings. The summed E-state index contributed by atoms with van der Waals surface area (Å²) in [5, 5.41) is 6.45. The molecule has 2 amide bonds. The smallest absolute Gasteiger partial charge is 0.315 e. The van der Waals surface area contributed by atoms with Crippen LogP contribution in [-0.4, -0.2) is 48.6 Å². The third kappa shape index (κ3) is 4.38. The lowest BCUT2D eigenvalue weighted by molar-refractivity contribution is -0.119. The minimum absolute atomic E-state index is 0.0291. The molecule has 114 valence electrons. The molecule has 2 saturated heterocycles. The maximum atomic E-state index is 11.6. The molecule has 3 unspecified atom stereocenters. The van der Waals surface area contributed by atoms with E-state index in [9.17, 15) is 9.59 Å². The van der Waals surface area contributed by atoms with Gasteiger partial charge in [-0.15, -0.1) is 0 Å². The fourth-order valence-corrected chi connectivity index (χ4v) is 4.39. The number of unbranched alkanes of at least 4 members (excludes halogenated alkanes) is 1. The molecule has 2 N–H and O–H groups in total. The van der Waals surface area contributed by atoms with Gasteiger partial charge in [-0.25, -0.2) is 4.79 Å². The Morgan fingerprint density at radius 3 is 2.90 bits per heavy atom. The van der Waals surface area contributed by atoms with E-state index >= 15 is 0 Å². The van der Waals surface area contributed by atoms with Gasteiger partial charge in [0.05, 0.1) is 12.1 Å². The zero-order valence-corrected chi connectivity index (χ0v) is 12.8. The molecule has 0 aliphatic carbocycles. The van der Waals surface area contributed by atoms with Crippen LogP contribution in [0.5, 0.6) is 0 Å². The van der Waals surface area contributed by atoms with E-state index in [1.54, 1.807) is 7.11 Å². The fraction of sp³-hybridized carbons (Fsp3) is 0.857. The Morgan fingerprint density at radius 1 is 1.30 bits per heavy atom. The molecular weight excluding hydrogens is 276 g/mol. The van der Waals surface area contributed by atoms with Crippen molar-refractivity contribution in [3.63, 3.8) is 0 Å². The van der Waals surface area contributed by atoms with Gasteiger partial charge in [0.1, 0.15) is 5.78 Å². The quantitative estimate of drug-likeness (QED) is 0.502. The highest BCUT2D eigenvalue weighted by Gasteiger charge is 2.42. The van der Waals surface area contributed by atoms with Crippen LogP contribution in [0, 0.1) is 0 Å². The first kappa shape index (κ1) is 15.6. The van der Waals surface area contributed by atoms with E-state index < -0.39 is 0 Å². The van der Waals surface area contributed by atoms with Crippen LogP contribution in [-0.2, 0) is 9.53 Å². The summed E-state index contributed by atoms with van der Waals surface area (Å²) < 4.78 is 4.94. The van der Waals surface area contributed by atoms with E-state index in [4.69, 9.17) is 4.74 Å². The van der Waals surface area contributed by atoms with E-state index in [2.05, 4.69) is 10.6 Å². The number of ether oxygens (including phenoxy) is 1.